The number of carbonyl (C=O) groups is 1. The third-order valence-corrected chi connectivity index (χ3v) is 3.39. The highest BCUT2D eigenvalue weighted by atomic mass is 16.1. The van der Waals surface area contributed by atoms with Crippen molar-refractivity contribution in [3.63, 3.8) is 0 Å². The summed E-state index contributed by atoms with van der Waals surface area (Å²) in [7, 11) is 0. The van der Waals surface area contributed by atoms with Gasteiger partial charge in [-0.05, 0) is 43.2 Å². The molecule has 1 heterocycles. The van der Waals surface area contributed by atoms with Gasteiger partial charge in [0.15, 0.2) is 0 Å². The van der Waals surface area contributed by atoms with E-state index in [2.05, 4.69) is 4.98 Å². The molecular formula is C16H20N4O. The number of aromatic nitrogens is 1. The van der Waals surface area contributed by atoms with E-state index in [-0.39, 0.29) is 0 Å². The fraction of sp³-hybridized carbons (Fsp3) is 0.250. The molecule has 0 aliphatic carbocycles. The Morgan fingerprint density at radius 1 is 1.33 bits per heavy atom. The van der Waals surface area contributed by atoms with Gasteiger partial charge in [-0.3, -0.25) is 4.79 Å². The van der Waals surface area contributed by atoms with Crippen LogP contribution in [0.4, 0.5) is 11.5 Å². The number of carbonyl (C=O) groups excluding carboxylic acids is 1. The van der Waals surface area contributed by atoms with Crippen LogP contribution in [0.2, 0.25) is 0 Å². The Balaban J connectivity index is 2.38. The molecule has 110 valence electrons. The van der Waals surface area contributed by atoms with E-state index in [1.165, 1.54) is 0 Å². The minimum atomic E-state index is -0.457. The Hall–Kier alpha value is -2.56. The standard InChI is InChI=1S/C16H20N4O/c1-3-20(10-12-5-4-6-13(17)9-12)16-14(15(18)21)11(2)7-8-19-16/h4-9H,3,10,17H2,1-2H3,(H2,18,21). The number of nitrogens with zero attached hydrogens (tertiary/aromatic N) is 2. The highest BCUT2D eigenvalue weighted by Crippen LogP contribution is 2.22. The Bertz CT molecular complexity index is 654. The van der Waals surface area contributed by atoms with Crippen molar-refractivity contribution in [3.8, 4) is 0 Å². The molecule has 0 unspecified atom stereocenters. The molecule has 0 saturated carbocycles. The predicted molar refractivity (Wildman–Crippen MR) is 85.1 cm³/mol. The molecule has 0 atom stereocenters. The van der Waals surface area contributed by atoms with Gasteiger partial charge in [0, 0.05) is 25.0 Å². The number of nitrogens with two attached hydrogens (primary N) is 2. The largest absolute Gasteiger partial charge is 0.399 e. The average Bonchev–Trinajstić information content (AvgIpc) is 2.44. The van der Waals surface area contributed by atoms with E-state index in [0.29, 0.717) is 24.5 Å². The molecule has 5 nitrogen and oxygen atoms in total. The molecule has 0 aliphatic heterocycles. The highest BCUT2D eigenvalue weighted by Gasteiger charge is 2.17. The van der Waals surface area contributed by atoms with E-state index in [4.69, 9.17) is 11.5 Å². The smallest absolute Gasteiger partial charge is 0.252 e. The highest BCUT2D eigenvalue weighted by molar-refractivity contribution is 5.99. The molecule has 4 N–H and O–H groups in total. The summed E-state index contributed by atoms with van der Waals surface area (Å²) in [6.07, 6.45) is 1.69. The molecule has 21 heavy (non-hydrogen) atoms. The zero-order chi connectivity index (χ0) is 15.4. The van der Waals surface area contributed by atoms with Crippen molar-refractivity contribution in [3.05, 3.63) is 53.2 Å². The number of amides is 1. The molecule has 2 rings (SSSR count). The topological polar surface area (TPSA) is 85.2 Å². The first-order valence-corrected chi connectivity index (χ1v) is 6.87. The quantitative estimate of drug-likeness (QED) is 0.823. The van der Waals surface area contributed by atoms with E-state index in [9.17, 15) is 4.79 Å². The van der Waals surface area contributed by atoms with Crippen LogP contribution in [0.1, 0.15) is 28.4 Å². The maximum atomic E-state index is 11.7. The van der Waals surface area contributed by atoms with Crippen molar-refractivity contribution in [1.82, 2.24) is 4.98 Å². The summed E-state index contributed by atoms with van der Waals surface area (Å²) in [6.45, 7) is 5.21. The zero-order valence-corrected chi connectivity index (χ0v) is 12.3. The summed E-state index contributed by atoms with van der Waals surface area (Å²) < 4.78 is 0. The number of anilines is 2. The van der Waals surface area contributed by atoms with Gasteiger partial charge in [0.25, 0.3) is 5.91 Å². The SMILES string of the molecule is CCN(Cc1cccc(N)c1)c1nccc(C)c1C(N)=O. The predicted octanol–water partition coefficient (Wildman–Crippen LogP) is 2.10. The van der Waals surface area contributed by atoms with Gasteiger partial charge in [0.1, 0.15) is 5.82 Å². The summed E-state index contributed by atoms with van der Waals surface area (Å²) in [5.74, 6) is 0.161. The molecule has 1 amide bonds. The summed E-state index contributed by atoms with van der Waals surface area (Å²) in [4.78, 5) is 18.1. The van der Waals surface area contributed by atoms with Gasteiger partial charge < -0.3 is 16.4 Å². The van der Waals surface area contributed by atoms with Crippen molar-refractivity contribution in [2.75, 3.05) is 17.2 Å². The van der Waals surface area contributed by atoms with Gasteiger partial charge in [-0.2, -0.15) is 0 Å². The number of aryl methyl sites for hydroxylation is 1. The number of hydrogen-bond acceptors (Lipinski definition) is 4. The molecule has 0 bridgehead atoms. The Labute approximate surface area is 124 Å². The average molecular weight is 284 g/mol. The molecule has 0 aliphatic rings. The first kappa shape index (κ1) is 14.8. The minimum absolute atomic E-state index is 0.457. The Morgan fingerprint density at radius 3 is 2.71 bits per heavy atom. The molecule has 0 fully saturated rings. The molecule has 0 saturated heterocycles. The van der Waals surface area contributed by atoms with E-state index < -0.39 is 5.91 Å². The molecule has 0 spiro atoms. The van der Waals surface area contributed by atoms with Crippen LogP contribution < -0.4 is 16.4 Å². The van der Waals surface area contributed by atoms with Crippen LogP contribution in [0.5, 0.6) is 0 Å². The molecule has 0 radical (unpaired) electrons. The Morgan fingerprint density at radius 2 is 2.10 bits per heavy atom. The van der Waals surface area contributed by atoms with Crippen molar-refractivity contribution >= 4 is 17.4 Å². The lowest BCUT2D eigenvalue weighted by Gasteiger charge is -2.24. The summed E-state index contributed by atoms with van der Waals surface area (Å²) in [5.41, 5.74) is 14.4. The number of hydrogen-bond donors (Lipinski definition) is 2. The van der Waals surface area contributed by atoms with E-state index in [0.717, 1.165) is 16.8 Å². The van der Waals surface area contributed by atoms with E-state index >= 15 is 0 Å². The number of rotatable bonds is 5. The van der Waals surface area contributed by atoms with Crippen molar-refractivity contribution < 1.29 is 4.79 Å². The Kier molecular flexibility index (Phi) is 4.42. The summed E-state index contributed by atoms with van der Waals surface area (Å²) in [5, 5.41) is 0. The second kappa shape index (κ2) is 6.26. The van der Waals surface area contributed by atoms with Gasteiger partial charge in [-0.25, -0.2) is 4.98 Å². The lowest BCUT2D eigenvalue weighted by Crippen LogP contribution is -2.27. The van der Waals surface area contributed by atoms with Gasteiger partial charge in [0.2, 0.25) is 0 Å². The normalized spacial score (nSPS) is 10.4. The van der Waals surface area contributed by atoms with Crippen molar-refractivity contribution in [2.24, 2.45) is 5.73 Å². The molecule has 1 aromatic heterocycles. The fourth-order valence-corrected chi connectivity index (χ4v) is 2.34. The number of primary amides is 1. The first-order valence-electron chi connectivity index (χ1n) is 6.87. The van der Waals surface area contributed by atoms with E-state index in [1.807, 2.05) is 43.0 Å². The molecule has 1 aromatic carbocycles. The van der Waals surface area contributed by atoms with Crippen molar-refractivity contribution in [1.29, 1.82) is 0 Å². The van der Waals surface area contributed by atoms with Crippen LogP contribution in [0.25, 0.3) is 0 Å². The number of pyridine rings is 1. The summed E-state index contributed by atoms with van der Waals surface area (Å²) in [6, 6.07) is 9.47. The van der Waals surface area contributed by atoms with Crippen LogP contribution in [-0.2, 0) is 6.54 Å². The molecular weight excluding hydrogens is 264 g/mol. The van der Waals surface area contributed by atoms with Crippen LogP contribution in [-0.4, -0.2) is 17.4 Å². The van der Waals surface area contributed by atoms with Gasteiger partial charge in [-0.15, -0.1) is 0 Å². The van der Waals surface area contributed by atoms with Crippen molar-refractivity contribution in [2.45, 2.75) is 20.4 Å². The second-order valence-corrected chi connectivity index (χ2v) is 4.95. The molecule has 5 heteroatoms. The minimum Gasteiger partial charge on any atom is -0.399 e. The van der Waals surface area contributed by atoms with Gasteiger partial charge >= 0.3 is 0 Å². The van der Waals surface area contributed by atoms with Gasteiger partial charge in [-0.1, -0.05) is 12.1 Å². The molecule has 2 aromatic rings. The van der Waals surface area contributed by atoms with Crippen LogP contribution in [0.3, 0.4) is 0 Å². The van der Waals surface area contributed by atoms with Gasteiger partial charge in [0.05, 0.1) is 5.56 Å². The monoisotopic (exact) mass is 284 g/mol. The lowest BCUT2D eigenvalue weighted by molar-refractivity contribution is 0.1000. The number of nitrogen functional groups attached to an aromatic ring is 1. The van der Waals surface area contributed by atoms with Crippen LogP contribution in [0, 0.1) is 6.92 Å². The fourth-order valence-electron chi connectivity index (χ4n) is 2.34. The maximum Gasteiger partial charge on any atom is 0.252 e. The van der Waals surface area contributed by atoms with E-state index in [1.54, 1.807) is 12.3 Å². The third-order valence-electron chi connectivity index (χ3n) is 3.39. The zero-order valence-electron chi connectivity index (χ0n) is 12.3. The number of benzene rings is 1. The maximum absolute atomic E-state index is 11.7. The summed E-state index contributed by atoms with van der Waals surface area (Å²) >= 11 is 0. The second-order valence-electron chi connectivity index (χ2n) is 4.95. The van der Waals surface area contributed by atoms with Crippen LogP contribution in [0.15, 0.2) is 36.5 Å². The first-order chi connectivity index (χ1) is 10.0. The third kappa shape index (κ3) is 3.31. The lowest BCUT2D eigenvalue weighted by atomic mass is 10.1. The van der Waals surface area contributed by atoms with Crippen LogP contribution >= 0.6 is 0 Å².